The van der Waals surface area contributed by atoms with E-state index in [4.69, 9.17) is 23.2 Å². The molecule has 0 saturated carbocycles. The number of phenolic OH excluding ortho intramolecular Hbond substituents is 1. The molecular weight excluding hydrogens is 1340 g/mol. The number of aliphatic hydroxyl groups excluding tert-OH is 1. The molecular formula is C56H44BBr3Cl2N4O10S4. The molecule has 10 rings (SSSR count). The first-order chi connectivity index (χ1) is 38.3. The summed E-state index contributed by atoms with van der Waals surface area (Å²) in [5.74, 6) is -1.71. The van der Waals surface area contributed by atoms with E-state index in [0.29, 0.717) is 0 Å². The van der Waals surface area contributed by atoms with Crippen LogP contribution in [-0.2, 0) is 39.4 Å². The zero-order valence-electron chi connectivity index (χ0n) is 41.4. The van der Waals surface area contributed by atoms with E-state index >= 15 is 0 Å². The van der Waals surface area contributed by atoms with Crippen LogP contribution < -0.4 is 21.3 Å². The smallest absolute Gasteiger partial charge is 0.369 e. The maximum absolute atomic E-state index is 13.1. The molecule has 6 N–H and O–H groups in total. The normalized spacial score (nSPS) is 13.0. The van der Waals surface area contributed by atoms with E-state index in [1.165, 1.54) is 72.4 Å². The van der Waals surface area contributed by atoms with Crippen LogP contribution in [0, 0.1) is 0 Å². The summed E-state index contributed by atoms with van der Waals surface area (Å²) < 4.78 is 52.8. The summed E-state index contributed by atoms with van der Waals surface area (Å²) in [6.07, 6.45) is 0. The molecule has 0 fully saturated rings. The highest BCUT2D eigenvalue weighted by Gasteiger charge is 2.33. The standard InChI is InChI=1S/C28H22N2O5S2.C27H20N2O5S2.CH2Cl2.BBr3/c31-17-19-6-4-8-22(14-19)36-21-7-3-5-18(13-21)16-29-27(32)20-11-12-26-24(15-20)30-28(33)23-9-1-2-10-25(23)37(26,34)35;30-19-6-4-8-21(15-19)35-20-7-3-5-17(13-20)16-28-26(31)18-11-12-25-23(14-18)29-27(32)22-9-1-2-10-24(22)36(25,33)34;2-1-3;2-1(3)4/h1-15,31H,16-17H2,(H,29,32)(H,30,33);1-15,30H,16H2,(H,28,31)(H,29,32);1H2;. The van der Waals surface area contributed by atoms with Crippen molar-refractivity contribution in [2.45, 2.75) is 58.9 Å². The molecule has 0 bridgehead atoms. The van der Waals surface area contributed by atoms with Crippen molar-refractivity contribution < 1.29 is 46.2 Å². The van der Waals surface area contributed by atoms with Crippen molar-refractivity contribution >= 4 is 152 Å². The first-order valence-electron chi connectivity index (χ1n) is 23.5. The van der Waals surface area contributed by atoms with Gasteiger partial charge in [-0.1, -0.05) is 90.3 Å². The van der Waals surface area contributed by atoms with Gasteiger partial charge in [-0.3, -0.25) is 19.2 Å². The largest absolute Gasteiger partial charge is 0.508 e. The van der Waals surface area contributed by atoms with Gasteiger partial charge in [-0.15, -0.1) is 70.5 Å². The maximum atomic E-state index is 13.1. The Morgan fingerprint density at radius 3 is 1.26 bits per heavy atom. The predicted octanol–water partition coefficient (Wildman–Crippen LogP) is 13.1. The van der Waals surface area contributed by atoms with Gasteiger partial charge >= 0.3 is 3.18 Å². The van der Waals surface area contributed by atoms with Crippen molar-refractivity contribution in [3.05, 3.63) is 221 Å². The molecule has 80 heavy (non-hydrogen) atoms. The number of benzene rings is 8. The fraction of sp³-hybridized carbons (Fsp3) is 0.0714. The van der Waals surface area contributed by atoms with Crippen LogP contribution in [0.4, 0.5) is 11.4 Å². The Morgan fingerprint density at radius 1 is 0.500 bits per heavy atom. The number of alkyl halides is 2. The molecule has 24 heteroatoms. The SMILES string of the molecule is BrB(Br)Br.ClCCl.O=C(NCc1cccc(Sc2cccc(CO)c2)c1)c1ccc2c(c1)NC(=O)c1ccccc1S2(=O)=O.O=C(NCc1cccc(Sc2cccc(O)c2)c1)c1ccc2c(c1)NC(=O)c1ccccc1S2(=O)=O. The first-order valence-corrected chi connectivity index (χ1v) is 31.9. The topological polar surface area (TPSA) is 225 Å². The lowest BCUT2D eigenvalue weighted by molar-refractivity contribution is 0.0942. The van der Waals surface area contributed by atoms with Crippen molar-refractivity contribution in [3.8, 4) is 5.75 Å². The second-order valence-electron chi connectivity index (χ2n) is 16.8. The Kier molecular flexibility index (Phi) is 22.1. The van der Waals surface area contributed by atoms with E-state index < -0.39 is 43.3 Å². The third-order valence-corrected chi connectivity index (χ3v) is 17.2. The Morgan fingerprint density at radius 2 is 0.863 bits per heavy atom. The van der Waals surface area contributed by atoms with Gasteiger partial charge in [0.05, 0.1) is 54.0 Å². The zero-order chi connectivity index (χ0) is 57.6. The molecule has 14 nitrogen and oxygen atoms in total. The molecule has 410 valence electrons. The van der Waals surface area contributed by atoms with E-state index in [1.807, 2.05) is 78.9 Å². The number of aromatic hydroxyl groups is 1. The number of nitrogens with one attached hydrogen (secondary N) is 4. The first kappa shape index (κ1) is 61.7. The number of carbonyl (C=O) groups excluding carboxylic acids is 4. The average Bonchev–Trinajstić information content (AvgIpc) is 3.58. The van der Waals surface area contributed by atoms with Gasteiger partial charge in [0.1, 0.15) is 5.75 Å². The summed E-state index contributed by atoms with van der Waals surface area (Å²) in [7, 11) is -7.87. The van der Waals surface area contributed by atoms with Crippen LogP contribution in [-0.4, -0.2) is 59.2 Å². The van der Waals surface area contributed by atoms with Crippen molar-refractivity contribution in [3.63, 3.8) is 0 Å². The van der Waals surface area contributed by atoms with Crippen molar-refractivity contribution in [2.24, 2.45) is 0 Å². The van der Waals surface area contributed by atoms with Crippen molar-refractivity contribution in [1.29, 1.82) is 0 Å². The number of fused-ring (bicyclic) bond motifs is 4. The molecule has 0 unspecified atom stereocenters. The maximum Gasteiger partial charge on any atom is 0.369 e. The third kappa shape index (κ3) is 16.2. The molecule has 2 aliphatic rings. The van der Waals surface area contributed by atoms with Crippen LogP contribution in [0.3, 0.4) is 0 Å². The van der Waals surface area contributed by atoms with Crippen LogP contribution in [0.2, 0.25) is 0 Å². The lowest BCUT2D eigenvalue weighted by atomic mass is 10.1. The van der Waals surface area contributed by atoms with Gasteiger partial charge in [0.15, 0.2) is 0 Å². The summed E-state index contributed by atoms with van der Waals surface area (Å²) in [5.41, 5.74) is 3.29. The number of carbonyl (C=O) groups is 4. The summed E-state index contributed by atoms with van der Waals surface area (Å²) in [6, 6.07) is 50.3. The third-order valence-electron chi connectivity index (χ3n) is 11.5. The Bertz CT molecular complexity index is 3850. The monoisotopic (exact) mass is 1380 g/mol. The Balaban J connectivity index is 0.000000207. The highest BCUT2D eigenvalue weighted by molar-refractivity contribution is 9.69. The van der Waals surface area contributed by atoms with E-state index in [-0.39, 0.29) is 87.2 Å². The summed E-state index contributed by atoms with van der Waals surface area (Å²) >= 11 is 21.9. The highest BCUT2D eigenvalue weighted by Crippen LogP contribution is 2.37. The van der Waals surface area contributed by atoms with Crippen LogP contribution in [0.5, 0.6) is 5.75 Å². The summed E-state index contributed by atoms with van der Waals surface area (Å²) in [6.45, 7) is 0.489. The zero-order valence-corrected chi connectivity index (χ0v) is 50.9. The predicted molar refractivity (Wildman–Crippen MR) is 326 cm³/mol. The molecule has 2 heterocycles. The molecule has 0 radical (unpaired) electrons. The van der Waals surface area contributed by atoms with Gasteiger partial charge in [0.2, 0.25) is 19.7 Å². The minimum Gasteiger partial charge on any atom is -0.508 e. The van der Waals surface area contributed by atoms with Gasteiger partial charge in [-0.25, -0.2) is 16.8 Å². The number of rotatable bonds is 11. The molecule has 8 aromatic carbocycles. The summed E-state index contributed by atoms with van der Waals surface area (Å²) in [5, 5.41) is 30.1. The number of hydrogen-bond donors (Lipinski definition) is 6. The average molecular weight is 1380 g/mol. The van der Waals surface area contributed by atoms with Gasteiger partial charge < -0.3 is 31.5 Å². The second kappa shape index (κ2) is 28.7. The van der Waals surface area contributed by atoms with Crippen LogP contribution >= 0.6 is 94.0 Å². The highest BCUT2D eigenvalue weighted by atomic mass is 79.9. The molecule has 0 spiro atoms. The minimum atomic E-state index is -3.93. The molecule has 2 aliphatic heterocycles. The van der Waals surface area contributed by atoms with Gasteiger partial charge in [0, 0.05) is 43.8 Å². The molecule has 0 aromatic heterocycles. The van der Waals surface area contributed by atoms with E-state index in [2.05, 4.69) is 68.5 Å². The van der Waals surface area contributed by atoms with Crippen LogP contribution in [0.15, 0.2) is 221 Å². The van der Waals surface area contributed by atoms with Gasteiger partial charge in [-0.2, -0.15) is 0 Å². The Hall–Kier alpha value is -5.92. The fourth-order valence-electron chi connectivity index (χ4n) is 7.93. The quantitative estimate of drug-likeness (QED) is 0.0525. The van der Waals surface area contributed by atoms with E-state index in [0.717, 1.165) is 36.3 Å². The molecule has 4 amide bonds. The van der Waals surface area contributed by atoms with Crippen LogP contribution in [0.1, 0.15) is 58.1 Å². The summed E-state index contributed by atoms with van der Waals surface area (Å²) in [4.78, 5) is 54.6. The fourth-order valence-corrected chi connectivity index (χ4v) is 13.1. The van der Waals surface area contributed by atoms with E-state index in [9.17, 15) is 46.2 Å². The van der Waals surface area contributed by atoms with E-state index in [1.54, 1.807) is 54.2 Å². The van der Waals surface area contributed by atoms with Crippen LogP contribution in [0.25, 0.3) is 0 Å². The van der Waals surface area contributed by atoms with Gasteiger partial charge in [-0.05, 0) is 132 Å². The Labute approximate surface area is 505 Å². The number of sulfone groups is 2. The lowest BCUT2D eigenvalue weighted by Gasteiger charge is -2.11. The number of aliphatic hydroxyl groups is 1. The number of amides is 4. The minimum absolute atomic E-state index is 0.0221. The molecule has 0 aliphatic carbocycles. The lowest BCUT2D eigenvalue weighted by Crippen LogP contribution is -2.23. The molecule has 0 atom stereocenters. The molecule has 0 saturated heterocycles. The number of phenols is 1. The molecule has 8 aromatic rings. The van der Waals surface area contributed by atoms with Crippen molar-refractivity contribution in [1.82, 2.24) is 10.6 Å². The number of anilines is 2. The number of halogens is 5. The van der Waals surface area contributed by atoms with Crippen molar-refractivity contribution in [2.75, 3.05) is 16.0 Å². The number of hydrogen-bond acceptors (Lipinski definition) is 12. The second-order valence-corrected chi connectivity index (χ2v) is 30.2. The van der Waals surface area contributed by atoms with Gasteiger partial charge in [0.25, 0.3) is 23.6 Å².